The van der Waals surface area contributed by atoms with E-state index in [1.54, 1.807) is 0 Å². The van der Waals surface area contributed by atoms with Crippen molar-refractivity contribution in [2.75, 3.05) is 7.11 Å². The highest BCUT2D eigenvalue weighted by Crippen LogP contribution is 2.33. The molecule has 0 heterocycles. The zero-order valence-electron chi connectivity index (χ0n) is 8.24. The van der Waals surface area contributed by atoms with E-state index in [1.165, 1.54) is 6.07 Å². The predicted octanol–water partition coefficient (Wildman–Crippen LogP) is 1.89. The summed E-state index contributed by atoms with van der Waals surface area (Å²) < 4.78 is 17.9. The zero-order chi connectivity index (χ0) is 11.6. The molecule has 1 aromatic carbocycles. The molecule has 0 aliphatic carbocycles. The fourth-order valence-electron chi connectivity index (χ4n) is 1.10. The third kappa shape index (κ3) is 2.84. The molecule has 3 N–H and O–H groups in total. The molecule has 0 spiro atoms. The van der Waals surface area contributed by atoms with E-state index in [9.17, 15) is 14.3 Å². The van der Waals surface area contributed by atoms with Gasteiger partial charge in [-0.15, -0.1) is 12.4 Å². The van der Waals surface area contributed by atoms with Crippen LogP contribution < -0.4 is 5.73 Å². The molecule has 0 fully saturated rings. The lowest BCUT2D eigenvalue weighted by Gasteiger charge is -2.13. The maximum Gasteiger partial charge on any atom is 0.327 e. The van der Waals surface area contributed by atoms with Crippen molar-refractivity contribution in [2.45, 2.75) is 6.04 Å². The molecule has 0 aliphatic rings. The molecule has 90 valence electrons. The normalized spacial score (nSPS) is 11.5. The summed E-state index contributed by atoms with van der Waals surface area (Å²) in [5.74, 6) is -1.97. The average molecular weight is 315 g/mol. The quantitative estimate of drug-likeness (QED) is 0.818. The SMILES string of the molecule is COC(=O)[C@@H](N)c1c(F)ccc(Br)c1O.Cl. The van der Waals surface area contributed by atoms with Gasteiger partial charge in [-0.05, 0) is 28.1 Å². The maximum atomic E-state index is 13.3. The fraction of sp³-hybridized carbons (Fsp3) is 0.222. The second kappa shape index (κ2) is 6.03. The van der Waals surface area contributed by atoms with Gasteiger partial charge in [0, 0.05) is 0 Å². The first-order valence-electron chi connectivity index (χ1n) is 3.99. The van der Waals surface area contributed by atoms with Crippen molar-refractivity contribution < 1.29 is 19.0 Å². The molecule has 7 heteroatoms. The highest BCUT2D eigenvalue weighted by Gasteiger charge is 2.24. The van der Waals surface area contributed by atoms with Crippen molar-refractivity contribution in [1.82, 2.24) is 0 Å². The van der Waals surface area contributed by atoms with Crippen molar-refractivity contribution in [3.8, 4) is 5.75 Å². The first kappa shape index (κ1) is 15.2. The van der Waals surface area contributed by atoms with Crippen molar-refractivity contribution in [1.29, 1.82) is 0 Å². The van der Waals surface area contributed by atoms with E-state index in [2.05, 4.69) is 20.7 Å². The van der Waals surface area contributed by atoms with Crippen LogP contribution in [0.2, 0.25) is 0 Å². The summed E-state index contributed by atoms with van der Waals surface area (Å²) in [7, 11) is 1.13. The second-order valence-corrected chi connectivity index (χ2v) is 3.65. The topological polar surface area (TPSA) is 72.5 Å². The Balaban J connectivity index is 0.00000225. The molecule has 0 amide bonds. The number of esters is 1. The van der Waals surface area contributed by atoms with Crippen LogP contribution in [0.3, 0.4) is 0 Å². The molecule has 1 atom stereocenters. The zero-order valence-corrected chi connectivity index (χ0v) is 10.6. The van der Waals surface area contributed by atoms with Gasteiger partial charge in [0.2, 0.25) is 0 Å². The van der Waals surface area contributed by atoms with Gasteiger partial charge in [0.15, 0.2) is 0 Å². The Morgan fingerprint density at radius 1 is 1.62 bits per heavy atom. The number of hydrogen-bond acceptors (Lipinski definition) is 4. The summed E-state index contributed by atoms with van der Waals surface area (Å²) in [4.78, 5) is 11.1. The Hall–Kier alpha value is -0.850. The number of methoxy groups -OCH3 is 1. The van der Waals surface area contributed by atoms with Crippen LogP contribution in [0, 0.1) is 5.82 Å². The Bertz CT molecular complexity index is 403. The van der Waals surface area contributed by atoms with E-state index >= 15 is 0 Å². The van der Waals surface area contributed by atoms with E-state index in [4.69, 9.17) is 5.73 Å². The van der Waals surface area contributed by atoms with Crippen LogP contribution in [-0.2, 0) is 9.53 Å². The highest BCUT2D eigenvalue weighted by atomic mass is 79.9. The molecule has 0 bridgehead atoms. The van der Waals surface area contributed by atoms with Gasteiger partial charge < -0.3 is 15.6 Å². The van der Waals surface area contributed by atoms with Crippen molar-refractivity contribution in [2.24, 2.45) is 5.73 Å². The van der Waals surface area contributed by atoms with Crippen LogP contribution >= 0.6 is 28.3 Å². The summed E-state index contributed by atoms with van der Waals surface area (Å²) in [6.45, 7) is 0. The molecule has 0 aliphatic heterocycles. The molecule has 0 saturated carbocycles. The van der Waals surface area contributed by atoms with Gasteiger partial charge in [0.1, 0.15) is 17.6 Å². The second-order valence-electron chi connectivity index (χ2n) is 2.79. The number of nitrogens with two attached hydrogens (primary N) is 1. The summed E-state index contributed by atoms with van der Waals surface area (Å²) in [5, 5.41) is 9.52. The molecule has 0 radical (unpaired) electrons. The van der Waals surface area contributed by atoms with E-state index in [0.29, 0.717) is 0 Å². The van der Waals surface area contributed by atoms with E-state index in [-0.39, 0.29) is 22.4 Å². The van der Waals surface area contributed by atoms with E-state index in [1.807, 2.05) is 0 Å². The van der Waals surface area contributed by atoms with Crippen molar-refractivity contribution in [3.05, 3.63) is 28.0 Å². The first-order chi connectivity index (χ1) is 6.99. The monoisotopic (exact) mass is 313 g/mol. The van der Waals surface area contributed by atoms with Gasteiger partial charge in [0.25, 0.3) is 0 Å². The van der Waals surface area contributed by atoms with E-state index < -0.39 is 23.6 Å². The van der Waals surface area contributed by atoms with Crippen molar-refractivity contribution >= 4 is 34.3 Å². The standard InChI is InChI=1S/C9H9BrFNO3.ClH/c1-15-9(14)7(12)6-5(11)3-2-4(10)8(6)13;/h2-3,7,13H,12H2,1H3;1H/t7-;/m0./s1. The number of carbonyl (C=O) groups is 1. The molecule has 1 aromatic rings. The predicted molar refractivity (Wildman–Crippen MR) is 62.0 cm³/mol. The smallest absolute Gasteiger partial charge is 0.327 e. The number of halogens is 3. The van der Waals surface area contributed by atoms with Gasteiger partial charge in [-0.25, -0.2) is 4.39 Å². The average Bonchev–Trinajstić information content (AvgIpc) is 2.22. The molecule has 0 aromatic heterocycles. The molecule has 1 rings (SSSR count). The van der Waals surface area contributed by atoms with Crippen LogP contribution in [0.25, 0.3) is 0 Å². The van der Waals surface area contributed by atoms with Crippen LogP contribution in [0.15, 0.2) is 16.6 Å². The van der Waals surface area contributed by atoms with Gasteiger partial charge in [-0.2, -0.15) is 0 Å². The van der Waals surface area contributed by atoms with Gasteiger partial charge >= 0.3 is 5.97 Å². The Labute approximate surface area is 106 Å². The number of ether oxygens (including phenoxy) is 1. The maximum absolute atomic E-state index is 13.3. The van der Waals surface area contributed by atoms with Crippen LogP contribution in [0.4, 0.5) is 4.39 Å². The summed E-state index contributed by atoms with van der Waals surface area (Å²) in [6, 6.07) is 1.08. The van der Waals surface area contributed by atoms with Gasteiger partial charge in [-0.3, -0.25) is 4.79 Å². The lowest BCUT2D eigenvalue weighted by molar-refractivity contribution is -0.142. The van der Waals surface area contributed by atoms with E-state index in [0.717, 1.165) is 13.2 Å². The Kier molecular flexibility index (Phi) is 5.71. The Morgan fingerprint density at radius 2 is 2.19 bits per heavy atom. The lowest BCUT2D eigenvalue weighted by atomic mass is 10.1. The number of phenolic OH excluding ortho intramolecular Hbond substituents is 1. The highest BCUT2D eigenvalue weighted by molar-refractivity contribution is 9.10. The Morgan fingerprint density at radius 3 is 2.69 bits per heavy atom. The molecular formula is C9H10BrClFNO3. The summed E-state index contributed by atoms with van der Waals surface area (Å²) >= 11 is 3.00. The molecule has 0 saturated heterocycles. The van der Waals surface area contributed by atoms with Gasteiger partial charge in [0.05, 0.1) is 17.1 Å². The molecule has 4 nitrogen and oxygen atoms in total. The summed E-state index contributed by atoms with van der Waals surface area (Å²) in [6.07, 6.45) is 0. The first-order valence-corrected chi connectivity index (χ1v) is 4.78. The number of rotatable bonds is 2. The number of hydrogen-bond donors (Lipinski definition) is 2. The minimum Gasteiger partial charge on any atom is -0.506 e. The third-order valence-corrected chi connectivity index (χ3v) is 2.52. The molecule has 0 unspecified atom stereocenters. The summed E-state index contributed by atoms with van der Waals surface area (Å²) in [5.41, 5.74) is 5.14. The third-order valence-electron chi connectivity index (χ3n) is 1.88. The molecular weight excluding hydrogens is 304 g/mol. The van der Waals surface area contributed by atoms with Crippen LogP contribution in [0.1, 0.15) is 11.6 Å². The van der Waals surface area contributed by atoms with Gasteiger partial charge in [-0.1, -0.05) is 0 Å². The fourth-order valence-corrected chi connectivity index (χ4v) is 1.44. The minimum absolute atomic E-state index is 0. The number of carbonyl (C=O) groups excluding carboxylic acids is 1. The lowest BCUT2D eigenvalue weighted by Crippen LogP contribution is -2.23. The number of phenols is 1. The van der Waals surface area contributed by atoms with Crippen LogP contribution in [-0.4, -0.2) is 18.2 Å². The van der Waals surface area contributed by atoms with Crippen LogP contribution in [0.5, 0.6) is 5.75 Å². The molecule has 16 heavy (non-hydrogen) atoms. The minimum atomic E-state index is -1.34. The van der Waals surface area contributed by atoms with Crippen molar-refractivity contribution in [3.63, 3.8) is 0 Å². The number of aromatic hydroxyl groups is 1. The number of benzene rings is 1. The largest absolute Gasteiger partial charge is 0.506 e.